The molecule has 3 heterocycles. The highest BCUT2D eigenvalue weighted by Gasteiger charge is 2.25. The van der Waals surface area contributed by atoms with Crippen LogP contribution in [0.25, 0.3) is 111 Å². The molecule has 0 N–H and O–H groups in total. The van der Waals surface area contributed by atoms with Crippen LogP contribution in [0.4, 0.5) is 0 Å². The number of pyridine rings is 1. The van der Waals surface area contributed by atoms with Gasteiger partial charge in [0.05, 0.1) is 33.4 Å². The fourth-order valence-corrected chi connectivity index (χ4v) is 9.86. The third-order valence-electron chi connectivity index (χ3n) is 12.7. The number of hydrogen-bond acceptors (Lipinski definition) is 2. The van der Waals surface area contributed by atoms with Gasteiger partial charge in [0, 0.05) is 39.5 Å². The molecule has 12 rings (SSSR count). The van der Waals surface area contributed by atoms with Gasteiger partial charge in [-0.3, -0.25) is 4.98 Å². The van der Waals surface area contributed by atoms with Crippen molar-refractivity contribution in [2.45, 2.75) is 0 Å². The van der Waals surface area contributed by atoms with Crippen LogP contribution in [0.15, 0.2) is 231 Å². The first kappa shape index (κ1) is 37.0. The molecule has 0 saturated heterocycles. The molecule has 0 saturated carbocycles. The monoisotopic (exact) mass is 814 g/mol. The van der Waals surface area contributed by atoms with Gasteiger partial charge in [0.2, 0.25) is 0 Å². The summed E-state index contributed by atoms with van der Waals surface area (Å²) < 4.78 is 4.59. The molecule has 0 unspecified atom stereocenters. The lowest BCUT2D eigenvalue weighted by molar-refractivity contribution is 1.12. The minimum atomic E-state index is 0.580. The van der Waals surface area contributed by atoms with Crippen molar-refractivity contribution in [1.29, 1.82) is 5.26 Å². The Hall–Kier alpha value is -8.78. The Morgan fingerprint density at radius 2 is 0.750 bits per heavy atom. The largest absolute Gasteiger partial charge is 0.308 e. The van der Waals surface area contributed by atoms with Gasteiger partial charge in [-0.1, -0.05) is 164 Å². The molecular formula is C60H38N4. The van der Waals surface area contributed by atoms with Crippen LogP contribution in [0.2, 0.25) is 0 Å². The van der Waals surface area contributed by atoms with Gasteiger partial charge >= 0.3 is 0 Å². The van der Waals surface area contributed by atoms with E-state index >= 15 is 0 Å². The lowest BCUT2D eigenvalue weighted by Gasteiger charge is -2.20. The highest BCUT2D eigenvalue weighted by molar-refractivity contribution is 6.13. The summed E-state index contributed by atoms with van der Waals surface area (Å²) in [5.41, 5.74) is 17.6. The van der Waals surface area contributed by atoms with Gasteiger partial charge in [0.25, 0.3) is 0 Å². The summed E-state index contributed by atoms with van der Waals surface area (Å²) in [5, 5.41) is 16.1. The van der Waals surface area contributed by atoms with E-state index in [1.807, 2.05) is 24.5 Å². The fourth-order valence-electron chi connectivity index (χ4n) is 9.86. The molecule has 12 aromatic rings. The molecule has 0 aliphatic carbocycles. The Balaban J connectivity index is 1.11. The van der Waals surface area contributed by atoms with E-state index in [1.54, 1.807) is 0 Å². The van der Waals surface area contributed by atoms with E-state index in [9.17, 15) is 5.26 Å². The third kappa shape index (κ3) is 5.95. The quantitative estimate of drug-likeness (QED) is 0.161. The van der Waals surface area contributed by atoms with Crippen LogP contribution in [0.3, 0.4) is 0 Å². The smallest absolute Gasteiger partial charge is 0.104 e. The number of fused-ring (bicyclic) bond motifs is 6. The topological polar surface area (TPSA) is 46.5 Å². The van der Waals surface area contributed by atoms with Gasteiger partial charge in [-0.2, -0.15) is 5.26 Å². The van der Waals surface area contributed by atoms with Crippen LogP contribution in [0.5, 0.6) is 0 Å². The van der Waals surface area contributed by atoms with Crippen LogP contribution in [0.1, 0.15) is 5.56 Å². The van der Waals surface area contributed by atoms with Crippen molar-refractivity contribution >= 4 is 43.6 Å². The van der Waals surface area contributed by atoms with E-state index in [0.717, 1.165) is 77.2 Å². The van der Waals surface area contributed by atoms with Crippen molar-refractivity contribution in [2.24, 2.45) is 0 Å². The Labute approximate surface area is 370 Å². The zero-order chi connectivity index (χ0) is 42.6. The second-order valence-corrected chi connectivity index (χ2v) is 16.2. The van der Waals surface area contributed by atoms with Crippen LogP contribution in [0, 0.1) is 11.3 Å². The van der Waals surface area contributed by atoms with Gasteiger partial charge in [0.15, 0.2) is 0 Å². The molecule has 0 aliphatic heterocycles. The van der Waals surface area contributed by atoms with Crippen molar-refractivity contribution in [2.75, 3.05) is 0 Å². The van der Waals surface area contributed by atoms with Crippen molar-refractivity contribution < 1.29 is 0 Å². The predicted octanol–water partition coefficient (Wildman–Crippen LogP) is 15.5. The van der Waals surface area contributed by atoms with Crippen LogP contribution in [-0.2, 0) is 0 Å². The number of hydrogen-bond donors (Lipinski definition) is 0. The average Bonchev–Trinajstić information content (AvgIpc) is 3.88. The standard InChI is InChI=1S/C60H38N4/c61-39-54-59(63-55-25-13-11-23-50(55)52-37-43(27-30-57(52)63)47-21-9-7-19-45(47)40-15-3-1-4-16-40)32-29-49(42-33-35-62-36-34-42)60(54)64-56-26-14-12-24-51(56)53-38-44(28-31-58(53)64)48-22-10-8-20-46(48)41-17-5-2-6-18-41/h1-38H. The van der Waals surface area contributed by atoms with Crippen molar-refractivity contribution in [3.05, 3.63) is 236 Å². The molecule has 0 aliphatic rings. The first-order valence-corrected chi connectivity index (χ1v) is 21.6. The number of benzene rings is 9. The third-order valence-corrected chi connectivity index (χ3v) is 12.7. The summed E-state index contributed by atoms with van der Waals surface area (Å²) in [6.07, 6.45) is 3.64. The maximum absolute atomic E-state index is 11.6. The predicted molar refractivity (Wildman–Crippen MR) is 265 cm³/mol. The molecular weight excluding hydrogens is 777 g/mol. The molecule has 4 nitrogen and oxygen atoms in total. The number of rotatable bonds is 7. The highest BCUT2D eigenvalue weighted by atomic mass is 15.0. The van der Waals surface area contributed by atoms with Crippen LogP contribution in [-0.4, -0.2) is 14.1 Å². The SMILES string of the molecule is N#Cc1c(-n2c3ccccc3c3cc(-c4ccccc4-c4ccccc4)ccc32)ccc(-c2ccncc2)c1-n1c2ccccc2c2cc(-c3ccccc3-c3ccccc3)ccc21. The van der Waals surface area contributed by atoms with E-state index in [2.05, 4.69) is 226 Å². The summed E-state index contributed by atoms with van der Waals surface area (Å²) in [6, 6.07) is 80.2. The van der Waals surface area contributed by atoms with Gasteiger partial charge in [-0.25, -0.2) is 0 Å². The molecule has 3 aromatic heterocycles. The van der Waals surface area contributed by atoms with Gasteiger partial charge in [-0.05, 0) is 105 Å². The van der Waals surface area contributed by atoms with Crippen molar-refractivity contribution in [1.82, 2.24) is 14.1 Å². The van der Waals surface area contributed by atoms with Crippen LogP contribution >= 0.6 is 0 Å². The summed E-state index contributed by atoms with van der Waals surface area (Å²) in [7, 11) is 0. The van der Waals surface area contributed by atoms with Gasteiger partial charge < -0.3 is 9.13 Å². The van der Waals surface area contributed by atoms with E-state index in [4.69, 9.17) is 0 Å². The summed E-state index contributed by atoms with van der Waals surface area (Å²) in [6.45, 7) is 0. The summed E-state index contributed by atoms with van der Waals surface area (Å²) in [4.78, 5) is 4.38. The minimum absolute atomic E-state index is 0.580. The lowest BCUT2D eigenvalue weighted by atomic mass is 9.94. The Morgan fingerprint density at radius 1 is 0.328 bits per heavy atom. The number of nitrogens with zero attached hydrogens (tertiary/aromatic N) is 4. The Morgan fingerprint density at radius 3 is 1.28 bits per heavy atom. The number of aromatic nitrogens is 3. The molecule has 0 bridgehead atoms. The molecule has 0 radical (unpaired) electrons. The molecule has 4 heteroatoms. The van der Waals surface area contributed by atoms with Gasteiger partial charge in [-0.15, -0.1) is 0 Å². The number of para-hydroxylation sites is 2. The Bertz CT molecular complexity index is 3780. The lowest BCUT2D eigenvalue weighted by Crippen LogP contribution is -2.06. The number of nitriles is 1. The molecule has 0 fully saturated rings. The minimum Gasteiger partial charge on any atom is -0.308 e. The molecule has 0 atom stereocenters. The van der Waals surface area contributed by atoms with Crippen LogP contribution < -0.4 is 0 Å². The maximum Gasteiger partial charge on any atom is 0.104 e. The Kier molecular flexibility index (Phi) is 8.84. The summed E-state index contributed by atoms with van der Waals surface area (Å²) >= 11 is 0. The van der Waals surface area contributed by atoms with E-state index in [-0.39, 0.29) is 0 Å². The molecule has 64 heavy (non-hydrogen) atoms. The first-order valence-electron chi connectivity index (χ1n) is 21.6. The van der Waals surface area contributed by atoms with E-state index in [1.165, 1.54) is 33.4 Å². The first-order chi connectivity index (χ1) is 31.7. The zero-order valence-electron chi connectivity index (χ0n) is 34.7. The summed E-state index contributed by atoms with van der Waals surface area (Å²) in [5.74, 6) is 0. The highest BCUT2D eigenvalue weighted by Crippen LogP contribution is 2.44. The van der Waals surface area contributed by atoms with Crippen molar-refractivity contribution in [3.63, 3.8) is 0 Å². The second kappa shape index (κ2) is 15.3. The maximum atomic E-state index is 11.6. The molecule has 0 amide bonds. The van der Waals surface area contributed by atoms with E-state index in [0.29, 0.717) is 5.56 Å². The molecule has 9 aromatic carbocycles. The molecule has 298 valence electrons. The zero-order valence-corrected chi connectivity index (χ0v) is 34.7. The average molecular weight is 815 g/mol. The normalized spacial score (nSPS) is 11.4. The molecule has 0 spiro atoms. The van der Waals surface area contributed by atoms with Gasteiger partial charge in [0.1, 0.15) is 11.6 Å². The van der Waals surface area contributed by atoms with Crippen molar-refractivity contribution in [3.8, 4) is 73.1 Å². The second-order valence-electron chi connectivity index (χ2n) is 16.2. The van der Waals surface area contributed by atoms with E-state index < -0.39 is 0 Å². The fraction of sp³-hybridized carbons (Fsp3) is 0.